The van der Waals surface area contributed by atoms with E-state index >= 15 is 0 Å². The summed E-state index contributed by atoms with van der Waals surface area (Å²) in [5, 5.41) is 12.1. The van der Waals surface area contributed by atoms with Gasteiger partial charge in [-0.25, -0.2) is 4.98 Å². The third-order valence-electron chi connectivity index (χ3n) is 12.8. The Kier molecular flexibility index (Phi) is 9.96. The van der Waals surface area contributed by atoms with Crippen LogP contribution in [0.15, 0.2) is 134 Å². The molecule has 0 amide bonds. The predicted octanol–water partition coefficient (Wildman–Crippen LogP) is 16.1. The standard InChI is InChI=1S/C60H64N3O.Pt/c1-14-60(12,13)45-27-28-52(49(36-45)40-19-16-15-17-20-40)63-53-22-18-21-48(54(53)62-56(63)50-37-46(58(6,7)8)31-38(2)55(50)64)42-32-43(34-47(33-42)59(9,10)11)51-35-41(29-30-61-51)39-23-25-44(26-24-39)57(3,4)5;/h15-31,33-37,64H,14H2,1-13H3;/q-1;/i3D3,4D3,5D3;. The number of aromatic nitrogens is 3. The van der Waals surface area contributed by atoms with Gasteiger partial charge in [0.25, 0.3) is 0 Å². The normalized spacial score (nSPS) is 15.0. The van der Waals surface area contributed by atoms with Gasteiger partial charge in [0.1, 0.15) is 11.6 Å². The van der Waals surface area contributed by atoms with Gasteiger partial charge in [-0.05, 0) is 104 Å². The summed E-state index contributed by atoms with van der Waals surface area (Å²) in [7, 11) is 0. The number of phenolic OH excluding ortho intramolecular Hbond substituents is 1. The predicted molar refractivity (Wildman–Crippen MR) is 271 cm³/mol. The molecule has 0 radical (unpaired) electrons. The summed E-state index contributed by atoms with van der Waals surface area (Å²) in [6.45, 7) is 11.5. The van der Waals surface area contributed by atoms with Crippen molar-refractivity contribution in [1.29, 1.82) is 0 Å². The number of rotatable bonds is 8. The number of phenols is 1. The topological polar surface area (TPSA) is 50.9 Å². The molecule has 0 bridgehead atoms. The Labute approximate surface area is 415 Å². The summed E-state index contributed by atoms with van der Waals surface area (Å²) in [6, 6.07) is 44.7. The van der Waals surface area contributed by atoms with Crippen molar-refractivity contribution < 1.29 is 38.5 Å². The van der Waals surface area contributed by atoms with E-state index in [1.165, 1.54) is 17.7 Å². The van der Waals surface area contributed by atoms with Crippen LogP contribution in [0.2, 0.25) is 0 Å². The molecule has 8 aromatic rings. The van der Waals surface area contributed by atoms with Crippen LogP contribution < -0.4 is 0 Å². The van der Waals surface area contributed by atoms with Gasteiger partial charge in [-0.3, -0.25) is 9.55 Å². The maximum absolute atomic E-state index is 12.1. The minimum atomic E-state index is -3.37. The van der Waals surface area contributed by atoms with Crippen LogP contribution in [0.3, 0.4) is 0 Å². The molecule has 8 rings (SSSR count). The van der Waals surface area contributed by atoms with Crippen LogP contribution >= 0.6 is 0 Å². The summed E-state index contributed by atoms with van der Waals surface area (Å²) >= 11 is 0. The van der Waals surface area contributed by atoms with E-state index in [2.05, 4.69) is 146 Å². The Hall–Kier alpha value is -5.57. The number of hydrogen-bond donors (Lipinski definition) is 1. The monoisotopic (exact) mass is 1050 g/mol. The molecule has 0 fully saturated rings. The molecule has 0 saturated carbocycles. The van der Waals surface area contributed by atoms with Crippen molar-refractivity contribution in [3.05, 3.63) is 167 Å². The molecule has 5 heteroatoms. The minimum absolute atomic E-state index is 0. The number of benzene rings is 6. The molecule has 0 aliphatic heterocycles. The van der Waals surface area contributed by atoms with Crippen LogP contribution in [0.5, 0.6) is 5.75 Å². The molecule has 2 heterocycles. The van der Waals surface area contributed by atoms with E-state index in [0.717, 1.165) is 56.6 Å². The van der Waals surface area contributed by atoms with Crippen LogP contribution in [0.1, 0.15) is 129 Å². The Bertz CT molecular complexity index is 3320. The molecule has 2 aromatic heterocycles. The second kappa shape index (κ2) is 17.7. The summed E-state index contributed by atoms with van der Waals surface area (Å²) in [6.07, 6.45) is 2.62. The van der Waals surface area contributed by atoms with E-state index in [-0.39, 0.29) is 48.6 Å². The number of pyridine rings is 1. The number of aromatic hydroxyl groups is 1. The second-order valence-electron chi connectivity index (χ2n) is 19.9. The van der Waals surface area contributed by atoms with Gasteiger partial charge in [-0.1, -0.05) is 179 Å². The number of nitrogens with zero attached hydrogens (tertiary/aromatic N) is 3. The fourth-order valence-corrected chi connectivity index (χ4v) is 8.29. The van der Waals surface area contributed by atoms with Crippen LogP contribution in [-0.2, 0) is 42.7 Å². The molecule has 0 aliphatic rings. The molecule has 0 aliphatic carbocycles. The zero-order valence-electron chi connectivity index (χ0n) is 48.0. The number of hydrogen-bond acceptors (Lipinski definition) is 3. The van der Waals surface area contributed by atoms with Crippen molar-refractivity contribution in [2.45, 2.75) is 118 Å². The number of fused-ring (bicyclic) bond motifs is 1. The molecule has 6 aromatic carbocycles. The first-order chi connectivity index (χ1) is 33.9. The van der Waals surface area contributed by atoms with E-state index in [1.54, 1.807) is 24.4 Å². The van der Waals surface area contributed by atoms with Crippen LogP contribution in [0.25, 0.3) is 72.7 Å². The molecule has 0 saturated heterocycles. The maximum Gasteiger partial charge on any atom is 0.148 e. The molecule has 0 spiro atoms. The van der Waals surface area contributed by atoms with Crippen molar-refractivity contribution >= 4 is 11.0 Å². The van der Waals surface area contributed by atoms with Crippen molar-refractivity contribution in [1.82, 2.24) is 14.5 Å². The number of aryl methyl sites for hydroxylation is 1. The molecule has 0 atom stereocenters. The summed E-state index contributed by atoms with van der Waals surface area (Å²) in [5.74, 6) is 0.752. The van der Waals surface area contributed by atoms with Crippen LogP contribution in [0.4, 0.5) is 0 Å². The molecular formula is C60H64N3OPt-. The fourth-order valence-electron chi connectivity index (χ4n) is 8.29. The SMILES string of the molecule is [2H]C([2H])([2H])C(c1ccc(-c2ccnc(-c3[c-]c(-c4cccc5c4nc(-c4cc(C(C)(C)C)cc(C)c4O)n5-c4ccc(C(C)(C)CC)cc4-c4ccccc4)cc(C(C)(C)C)c3)c2)cc1)(C([2H])([2H])[2H])C([2H])([2H])[2H].[Pt]. The Morgan fingerprint density at radius 3 is 1.91 bits per heavy atom. The van der Waals surface area contributed by atoms with E-state index in [4.69, 9.17) is 22.3 Å². The van der Waals surface area contributed by atoms with E-state index < -0.39 is 26.0 Å². The van der Waals surface area contributed by atoms with Crippen LogP contribution in [-0.4, -0.2) is 19.6 Å². The van der Waals surface area contributed by atoms with Gasteiger partial charge in [-0.2, -0.15) is 0 Å². The maximum atomic E-state index is 12.1. The molecule has 0 unspecified atom stereocenters. The van der Waals surface area contributed by atoms with E-state index in [9.17, 15) is 5.11 Å². The zero-order chi connectivity index (χ0) is 53.4. The van der Waals surface area contributed by atoms with Gasteiger partial charge in [0.05, 0.1) is 22.3 Å². The average Bonchev–Trinajstić information content (AvgIpc) is 3.70. The zero-order valence-corrected chi connectivity index (χ0v) is 41.3. The van der Waals surface area contributed by atoms with Gasteiger partial charge in [-0.15, -0.1) is 29.3 Å². The molecule has 4 nitrogen and oxygen atoms in total. The number of imidazole rings is 1. The first-order valence-corrected chi connectivity index (χ1v) is 22.1. The van der Waals surface area contributed by atoms with Gasteiger partial charge >= 0.3 is 0 Å². The molecule has 1 N–H and O–H groups in total. The van der Waals surface area contributed by atoms with E-state index in [1.807, 2.05) is 31.2 Å². The van der Waals surface area contributed by atoms with Crippen molar-refractivity contribution in [3.8, 4) is 67.5 Å². The van der Waals surface area contributed by atoms with Gasteiger partial charge in [0, 0.05) is 50.9 Å². The molecule has 65 heavy (non-hydrogen) atoms. The minimum Gasteiger partial charge on any atom is -0.507 e. The third-order valence-corrected chi connectivity index (χ3v) is 12.8. The quantitative estimate of drug-likeness (QED) is 0.154. The first-order valence-electron chi connectivity index (χ1n) is 26.6. The first kappa shape index (κ1) is 36.6. The van der Waals surface area contributed by atoms with Crippen molar-refractivity contribution in [2.24, 2.45) is 0 Å². The Morgan fingerprint density at radius 1 is 0.600 bits per heavy atom. The van der Waals surface area contributed by atoms with Gasteiger partial charge in [0.15, 0.2) is 0 Å². The van der Waals surface area contributed by atoms with Gasteiger partial charge in [0.2, 0.25) is 0 Å². The Morgan fingerprint density at radius 2 is 1.25 bits per heavy atom. The molecular weight excluding hydrogens is 974 g/mol. The van der Waals surface area contributed by atoms with Crippen molar-refractivity contribution in [3.63, 3.8) is 0 Å². The molecule has 336 valence electrons. The van der Waals surface area contributed by atoms with Gasteiger partial charge < -0.3 is 5.11 Å². The fraction of sp³-hybridized carbons (Fsp3) is 0.300. The largest absolute Gasteiger partial charge is 0.507 e. The Balaban J connectivity index is 0.00000800. The average molecular weight is 1050 g/mol. The summed E-state index contributed by atoms with van der Waals surface area (Å²) < 4.78 is 76.0. The van der Waals surface area contributed by atoms with Crippen molar-refractivity contribution in [2.75, 3.05) is 0 Å². The number of para-hydroxylation sites is 1. The second-order valence-corrected chi connectivity index (χ2v) is 19.9. The smallest absolute Gasteiger partial charge is 0.148 e. The third kappa shape index (κ3) is 9.43. The summed E-state index contributed by atoms with van der Waals surface area (Å²) in [5.41, 5.74) is 9.36. The summed E-state index contributed by atoms with van der Waals surface area (Å²) in [4.78, 5) is 10.4. The van der Waals surface area contributed by atoms with E-state index in [0.29, 0.717) is 39.3 Å². The van der Waals surface area contributed by atoms with Crippen LogP contribution in [0, 0.1) is 13.0 Å².